The molecule has 1 unspecified atom stereocenters. The van der Waals surface area contributed by atoms with Crippen molar-refractivity contribution in [3.63, 3.8) is 0 Å². The summed E-state index contributed by atoms with van der Waals surface area (Å²) in [5.41, 5.74) is 2.37. The van der Waals surface area contributed by atoms with Crippen molar-refractivity contribution in [3.05, 3.63) is 29.8 Å². The Balaban J connectivity index is 1.85. The maximum Gasteiger partial charge on any atom is 0.0713 e. The van der Waals surface area contributed by atoms with Crippen molar-refractivity contribution < 1.29 is 9.47 Å². The fraction of sp³-hybridized carbons (Fsp3) is 0.538. The molecule has 0 spiro atoms. The Morgan fingerprint density at radius 2 is 2.44 bits per heavy atom. The summed E-state index contributed by atoms with van der Waals surface area (Å²) in [6.07, 6.45) is 1.17. The van der Waals surface area contributed by atoms with Gasteiger partial charge in [0.1, 0.15) is 0 Å². The predicted octanol–water partition coefficient (Wildman–Crippen LogP) is 2.28. The molecule has 0 saturated carbocycles. The van der Waals surface area contributed by atoms with Crippen molar-refractivity contribution in [1.82, 2.24) is 0 Å². The Morgan fingerprint density at radius 1 is 1.50 bits per heavy atom. The van der Waals surface area contributed by atoms with Crippen molar-refractivity contribution >= 4 is 5.69 Å². The summed E-state index contributed by atoms with van der Waals surface area (Å²) in [6, 6.07) is 8.36. The Labute approximate surface area is 96.8 Å². The molecular formula is C13H19NO2. The van der Waals surface area contributed by atoms with Crippen molar-refractivity contribution in [2.75, 3.05) is 32.2 Å². The van der Waals surface area contributed by atoms with E-state index in [9.17, 15) is 0 Å². The number of hydrogen-bond donors (Lipinski definition) is 1. The molecule has 1 atom stereocenters. The van der Waals surface area contributed by atoms with Gasteiger partial charge in [-0.05, 0) is 24.1 Å². The molecule has 0 radical (unpaired) electrons. The zero-order valence-electron chi connectivity index (χ0n) is 9.74. The molecule has 0 aromatic heterocycles. The van der Waals surface area contributed by atoms with Gasteiger partial charge in [0.05, 0.1) is 13.2 Å². The molecule has 1 aliphatic heterocycles. The molecule has 0 bridgehead atoms. The molecule has 1 aromatic rings. The summed E-state index contributed by atoms with van der Waals surface area (Å²) in [6.45, 7) is 3.47. The SMILES string of the molecule is COCc1cccc(NCC2CCOC2)c1. The molecule has 16 heavy (non-hydrogen) atoms. The number of nitrogens with one attached hydrogen (secondary N) is 1. The van der Waals surface area contributed by atoms with Crippen LogP contribution in [0, 0.1) is 5.92 Å². The third kappa shape index (κ3) is 3.22. The first-order valence-corrected chi connectivity index (χ1v) is 5.78. The van der Waals surface area contributed by atoms with Crippen molar-refractivity contribution in [1.29, 1.82) is 0 Å². The Kier molecular flexibility index (Phi) is 4.19. The summed E-state index contributed by atoms with van der Waals surface area (Å²) in [5, 5.41) is 3.45. The summed E-state index contributed by atoms with van der Waals surface area (Å²) >= 11 is 0. The van der Waals surface area contributed by atoms with E-state index in [4.69, 9.17) is 9.47 Å². The van der Waals surface area contributed by atoms with Gasteiger partial charge < -0.3 is 14.8 Å². The second-order valence-electron chi connectivity index (χ2n) is 4.24. The van der Waals surface area contributed by atoms with E-state index in [0.717, 1.165) is 19.8 Å². The summed E-state index contributed by atoms with van der Waals surface area (Å²) in [5.74, 6) is 0.658. The minimum absolute atomic E-state index is 0.658. The van der Waals surface area contributed by atoms with E-state index in [1.54, 1.807) is 7.11 Å². The molecule has 2 rings (SSSR count). The van der Waals surface area contributed by atoms with Crippen LogP contribution in [0.25, 0.3) is 0 Å². The molecule has 3 heteroatoms. The topological polar surface area (TPSA) is 30.5 Å². The molecule has 0 aliphatic carbocycles. The average Bonchev–Trinajstić information content (AvgIpc) is 2.80. The summed E-state index contributed by atoms with van der Waals surface area (Å²) < 4.78 is 10.5. The van der Waals surface area contributed by atoms with Crippen LogP contribution in [-0.4, -0.2) is 26.9 Å². The minimum atomic E-state index is 0.658. The molecule has 0 amide bonds. The monoisotopic (exact) mass is 221 g/mol. The average molecular weight is 221 g/mol. The van der Waals surface area contributed by atoms with E-state index in [0.29, 0.717) is 12.5 Å². The van der Waals surface area contributed by atoms with Gasteiger partial charge in [0.15, 0.2) is 0 Å². The van der Waals surface area contributed by atoms with E-state index in [-0.39, 0.29) is 0 Å². The fourth-order valence-corrected chi connectivity index (χ4v) is 1.94. The number of rotatable bonds is 5. The number of hydrogen-bond acceptors (Lipinski definition) is 3. The Bertz CT molecular complexity index is 321. The second-order valence-corrected chi connectivity index (χ2v) is 4.24. The standard InChI is InChI=1S/C13H19NO2/c1-15-9-11-3-2-4-13(7-11)14-8-12-5-6-16-10-12/h2-4,7,12,14H,5-6,8-10H2,1H3. The van der Waals surface area contributed by atoms with Gasteiger partial charge >= 0.3 is 0 Å². The first-order valence-electron chi connectivity index (χ1n) is 5.78. The van der Waals surface area contributed by atoms with Crippen LogP contribution in [0.15, 0.2) is 24.3 Å². The van der Waals surface area contributed by atoms with Gasteiger partial charge in [0.25, 0.3) is 0 Å². The molecule has 3 nitrogen and oxygen atoms in total. The van der Waals surface area contributed by atoms with Gasteiger partial charge in [-0.2, -0.15) is 0 Å². The third-order valence-electron chi connectivity index (χ3n) is 2.86. The quantitative estimate of drug-likeness (QED) is 0.827. The van der Waals surface area contributed by atoms with E-state index < -0.39 is 0 Å². The van der Waals surface area contributed by atoms with E-state index in [1.807, 2.05) is 0 Å². The van der Waals surface area contributed by atoms with E-state index in [2.05, 4.69) is 29.6 Å². The van der Waals surface area contributed by atoms with Gasteiger partial charge in [0.2, 0.25) is 0 Å². The van der Waals surface area contributed by atoms with Crippen molar-refractivity contribution in [2.45, 2.75) is 13.0 Å². The smallest absolute Gasteiger partial charge is 0.0713 e. The Hall–Kier alpha value is -1.06. The number of benzene rings is 1. The maximum atomic E-state index is 5.35. The lowest BCUT2D eigenvalue weighted by Gasteiger charge is -2.11. The van der Waals surface area contributed by atoms with Crippen LogP contribution in [0.2, 0.25) is 0 Å². The second kappa shape index (κ2) is 5.87. The number of anilines is 1. The van der Waals surface area contributed by atoms with Crippen LogP contribution in [0.3, 0.4) is 0 Å². The van der Waals surface area contributed by atoms with Crippen LogP contribution in [-0.2, 0) is 16.1 Å². The highest BCUT2D eigenvalue weighted by Gasteiger charge is 2.14. The lowest BCUT2D eigenvalue weighted by Crippen LogP contribution is -2.14. The minimum Gasteiger partial charge on any atom is -0.385 e. The van der Waals surface area contributed by atoms with E-state index in [1.165, 1.54) is 17.7 Å². The third-order valence-corrected chi connectivity index (χ3v) is 2.86. The van der Waals surface area contributed by atoms with Crippen LogP contribution in [0.4, 0.5) is 5.69 Å². The number of methoxy groups -OCH3 is 1. The summed E-state index contributed by atoms with van der Waals surface area (Å²) in [4.78, 5) is 0. The lowest BCUT2D eigenvalue weighted by molar-refractivity contribution is 0.185. The normalized spacial score (nSPS) is 19.9. The molecule has 88 valence electrons. The highest BCUT2D eigenvalue weighted by atomic mass is 16.5. The van der Waals surface area contributed by atoms with Gasteiger partial charge in [-0.25, -0.2) is 0 Å². The van der Waals surface area contributed by atoms with Crippen LogP contribution in [0.1, 0.15) is 12.0 Å². The largest absolute Gasteiger partial charge is 0.385 e. The van der Waals surface area contributed by atoms with Crippen molar-refractivity contribution in [3.8, 4) is 0 Å². The zero-order valence-corrected chi connectivity index (χ0v) is 9.74. The van der Waals surface area contributed by atoms with Crippen LogP contribution < -0.4 is 5.32 Å². The molecular weight excluding hydrogens is 202 g/mol. The maximum absolute atomic E-state index is 5.35. The molecule has 1 aliphatic rings. The first kappa shape index (κ1) is 11.4. The van der Waals surface area contributed by atoms with E-state index >= 15 is 0 Å². The van der Waals surface area contributed by atoms with Gasteiger partial charge in [-0.3, -0.25) is 0 Å². The van der Waals surface area contributed by atoms with Crippen LogP contribution in [0.5, 0.6) is 0 Å². The molecule has 1 aromatic carbocycles. The highest BCUT2D eigenvalue weighted by molar-refractivity contribution is 5.45. The molecule has 1 heterocycles. The van der Waals surface area contributed by atoms with Crippen LogP contribution >= 0.6 is 0 Å². The molecule has 1 fully saturated rings. The highest BCUT2D eigenvalue weighted by Crippen LogP contribution is 2.15. The Morgan fingerprint density at radius 3 is 3.19 bits per heavy atom. The summed E-state index contributed by atoms with van der Waals surface area (Å²) in [7, 11) is 1.72. The molecule has 1 N–H and O–H groups in total. The predicted molar refractivity (Wildman–Crippen MR) is 64.6 cm³/mol. The van der Waals surface area contributed by atoms with Gasteiger partial charge in [-0.1, -0.05) is 12.1 Å². The van der Waals surface area contributed by atoms with Gasteiger partial charge in [-0.15, -0.1) is 0 Å². The fourth-order valence-electron chi connectivity index (χ4n) is 1.94. The number of ether oxygens (including phenoxy) is 2. The van der Waals surface area contributed by atoms with Gasteiger partial charge in [0, 0.05) is 31.9 Å². The molecule has 1 saturated heterocycles. The lowest BCUT2D eigenvalue weighted by atomic mass is 10.1. The first-order chi connectivity index (χ1) is 7.88. The zero-order chi connectivity index (χ0) is 11.2. The van der Waals surface area contributed by atoms with Crippen molar-refractivity contribution in [2.24, 2.45) is 5.92 Å².